The Morgan fingerprint density at radius 3 is 2.57 bits per heavy atom. The molecule has 0 aliphatic heterocycles. The van der Waals surface area contributed by atoms with Gasteiger partial charge < -0.3 is 5.84 Å². The third-order valence-corrected chi connectivity index (χ3v) is 1.82. The maximum Gasteiger partial charge on any atom is 0.272 e. The van der Waals surface area contributed by atoms with Crippen LogP contribution in [0, 0.1) is 0 Å². The molecule has 2 N–H and O–H groups in total. The lowest BCUT2D eigenvalue weighted by molar-refractivity contribution is 0.903. The summed E-state index contributed by atoms with van der Waals surface area (Å²) >= 11 is 0. The van der Waals surface area contributed by atoms with Gasteiger partial charge in [0.15, 0.2) is 5.82 Å². The fourth-order valence-corrected chi connectivity index (χ4v) is 1.13. The molecule has 0 fully saturated rings. The summed E-state index contributed by atoms with van der Waals surface area (Å²) in [5.74, 6) is 5.97. The standard InChI is InChI=1S/C9H8N4O/c10-13-8(14)3-6-12-9(13)7-1-4-11-5-2-7/h1-6H,10H2. The van der Waals surface area contributed by atoms with E-state index < -0.39 is 0 Å². The third-order valence-electron chi connectivity index (χ3n) is 1.82. The molecule has 2 rings (SSSR count). The van der Waals surface area contributed by atoms with Crippen LogP contribution in [0.4, 0.5) is 0 Å². The van der Waals surface area contributed by atoms with E-state index in [4.69, 9.17) is 5.84 Å². The van der Waals surface area contributed by atoms with Crippen LogP contribution < -0.4 is 11.4 Å². The molecular formula is C9H8N4O. The number of nitrogen functional groups attached to an aromatic ring is 1. The van der Waals surface area contributed by atoms with Crippen molar-refractivity contribution in [2.75, 3.05) is 5.84 Å². The molecule has 0 amide bonds. The van der Waals surface area contributed by atoms with Crippen LogP contribution in [0.3, 0.4) is 0 Å². The Kier molecular flexibility index (Phi) is 1.98. The van der Waals surface area contributed by atoms with Crippen LogP contribution >= 0.6 is 0 Å². The maximum absolute atomic E-state index is 11.2. The summed E-state index contributed by atoms with van der Waals surface area (Å²) in [6, 6.07) is 4.79. The van der Waals surface area contributed by atoms with E-state index in [1.165, 1.54) is 12.3 Å². The van der Waals surface area contributed by atoms with E-state index in [0.29, 0.717) is 5.82 Å². The van der Waals surface area contributed by atoms with E-state index in [1.807, 2.05) is 0 Å². The predicted octanol–water partition coefficient (Wildman–Crippen LogP) is 0.0191. The molecular weight excluding hydrogens is 180 g/mol. The lowest BCUT2D eigenvalue weighted by atomic mass is 10.2. The van der Waals surface area contributed by atoms with Crippen molar-refractivity contribution < 1.29 is 0 Å². The minimum atomic E-state index is -0.285. The maximum atomic E-state index is 11.2. The Labute approximate surface area is 79.8 Å². The molecule has 0 unspecified atom stereocenters. The molecule has 0 spiro atoms. The van der Waals surface area contributed by atoms with Crippen LogP contribution in [0.25, 0.3) is 11.4 Å². The van der Waals surface area contributed by atoms with E-state index in [-0.39, 0.29) is 5.56 Å². The van der Waals surface area contributed by atoms with Gasteiger partial charge in [0.2, 0.25) is 0 Å². The molecule has 0 bridgehead atoms. The molecule has 0 radical (unpaired) electrons. The van der Waals surface area contributed by atoms with Crippen LogP contribution in [0.2, 0.25) is 0 Å². The Balaban J connectivity index is 2.64. The average molecular weight is 188 g/mol. The first kappa shape index (κ1) is 8.43. The van der Waals surface area contributed by atoms with E-state index in [9.17, 15) is 4.79 Å². The highest BCUT2D eigenvalue weighted by Crippen LogP contribution is 2.10. The summed E-state index contributed by atoms with van der Waals surface area (Å²) in [4.78, 5) is 19.1. The van der Waals surface area contributed by atoms with Crippen molar-refractivity contribution in [3.8, 4) is 11.4 Å². The van der Waals surface area contributed by atoms with Gasteiger partial charge in [0.25, 0.3) is 5.56 Å². The van der Waals surface area contributed by atoms with Crippen LogP contribution in [-0.2, 0) is 0 Å². The number of nitrogens with two attached hydrogens (primary N) is 1. The third kappa shape index (κ3) is 1.35. The Morgan fingerprint density at radius 2 is 1.86 bits per heavy atom. The molecule has 14 heavy (non-hydrogen) atoms. The Hall–Kier alpha value is -2.17. The van der Waals surface area contributed by atoms with Crippen molar-refractivity contribution >= 4 is 0 Å². The molecule has 0 saturated heterocycles. The van der Waals surface area contributed by atoms with Gasteiger partial charge in [-0.1, -0.05) is 0 Å². The molecule has 0 aromatic carbocycles. The fraction of sp³-hybridized carbons (Fsp3) is 0. The topological polar surface area (TPSA) is 73.8 Å². The SMILES string of the molecule is Nn1c(-c2ccncc2)nccc1=O. The summed E-state index contributed by atoms with van der Waals surface area (Å²) in [5, 5.41) is 0. The fourth-order valence-electron chi connectivity index (χ4n) is 1.13. The van der Waals surface area contributed by atoms with Gasteiger partial charge >= 0.3 is 0 Å². The highest BCUT2D eigenvalue weighted by molar-refractivity contribution is 5.53. The summed E-state index contributed by atoms with van der Waals surface area (Å²) in [6.07, 6.45) is 4.67. The number of rotatable bonds is 1. The van der Waals surface area contributed by atoms with Gasteiger partial charge in [-0.15, -0.1) is 0 Å². The van der Waals surface area contributed by atoms with Gasteiger partial charge in [-0.3, -0.25) is 9.78 Å². The molecule has 2 aromatic heterocycles. The monoisotopic (exact) mass is 188 g/mol. The molecule has 5 heteroatoms. The van der Waals surface area contributed by atoms with Gasteiger partial charge in [-0.2, -0.15) is 0 Å². The van der Waals surface area contributed by atoms with Gasteiger partial charge in [0, 0.05) is 30.2 Å². The van der Waals surface area contributed by atoms with E-state index in [0.717, 1.165) is 10.2 Å². The van der Waals surface area contributed by atoms with Crippen molar-refractivity contribution in [2.45, 2.75) is 0 Å². The minimum Gasteiger partial charge on any atom is -0.334 e. The quantitative estimate of drug-likeness (QED) is 0.640. The van der Waals surface area contributed by atoms with Crippen molar-refractivity contribution in [1.29, 1.82) is 0 Å². The van der Waals surface area contributed by atoms with E-state index >= 15 is 0 Å². The van der Waals surface area contributed by atoms with Crippen LogP contribution in [-0.4, -0.2) is 14.6 Å². The van der Waals surface area contributed by atoms with Crippen LogP contribution in [0.5, 0.6) is 0 Å². The Morgan fingerprint density at radius 1 is 1.14 bits per heavy atom. The highest BCUT2D eigenvalue weighted by atomic mass is 16.1. The van der Waals surface area contributed by atoms with Crippen molar-refractivity contribution in [3.05, 3.63) is 47.1 Å². The number of hydrogen-bond acceptors (Lipinski definition) is 4. The molecule has 0 atom stereocenters. The Bertz CT molecular complexity index is 492. The summed E-state index contributed by atoms with van der Waals surface area (Å²) in [7, 11) is 0. The van der Waals surface area contributed by atoms with Crippen molar-refractivity contribution in [3.63, 3.8) is 0 Å². The minimum absolute atomic E-state index is 0.285. The van der Waals surface area contributed by atoms with Gasteiger partial charge in [0.05, 0.1) is 0 Å². The zero-order chi connectivity index (χ0) is 9.97. The highest BCUT2D eigenvalue weighted by Gasteiger charge is 2.03. The summed E-state index contributed by atoms with van der Waals surface area (Å²) in [5.41, 5.74) is 0.479. The van der Waals surface area contributed by atoms with Crippen molar-refractivity contribution in [2.24, 2.45) is 0 Å². The molecule has 0 aliphatic carbocycles. The first-order valence-electron chi connectivity index (χ1n) is 4.02. The van der Waals surface area contributed by atoms with Crippen LogP contribution in [0.1, 0.15) is 0 Å². The normalized spacial score (nSPS) is 10.0. The average Bonchev–Trinajstić information content (AvgIpc) is 2.23. The molecule has 0 aliphatic rings. The first-order valence-corrected chi connectivity index (χ1v) is 4.02. The number of aromatic nitrogens is 3. The predicted molar refractivity (Wildman–Crippen MR) is 51.9 cm³/mol. The van der Waals surface area contributed by atoms with Crippen molar-refractivity contribution in [1.82, 2.24) is 14.6 Å². The summed E-state index contributed by atoms with van der Waals surface area (Å²) < 4.78 is 1.01. The molecule has 2 heterocycles. The van der Waals surface area contributed by atoms with E-state index in [2.05, 4.69) is 9.97 Å². The van der Waals surface area contributed by atoms with Crippen LogP contribution in [0.15, 0.2) is 41.6 Å². The van der Waals surface area contributed by atoms with Gasteiger partial charge in [-0.25, -0.2) is 9.66 Å². The second-order valence-corrected chi connectivity index (χ2v) is 2.71. The molecule has 0 saturated carbocycles. The zero-order valence-corrected chi connectivity index (χ0v) is 7.29. The smallest absolute Gasteiger partial charge is 0.272 e. The number of nitrogens with zero attached hydrogens (tertiary/aromatic N) is 3. The van der Waals surface area contributed by atoms with E-state index in [1.54, 1.807) is 24.5 Å². The number of hydrogen-bond donors (Lipinski definition) is 1. The molecule has 5 nitrogen and oxygen atoms in total. The lowest BCUT2D eigenvalue weighted by Crippen LogP contribution is -2.28. The molecule has 2 aromatic rings. The first-order chi connectivity index (χ1) is 6.79. The van der Waals surface area contributed by atoms with Gasteiger partial charge in [0.1, 0.15) is 0 Å². The number of pyridine rings is 1. The largest absolute Gasteiger partial charge is 0.334 e. The van der Waals surface area contributed by atoms with Gasteiger partial charge in [-0.05, 0) is 12.1 Å². The second kappa shape index (κ2) is 3.29. The lowest BCUT2D eigenvalue weighted by Gasteiger charge is -2.04. The second-order valence-electron chi connectivity index (χ2n) is 2.71. The zero-order valence-electron chi connectivity index (χ0n) is 7.29. The summed E-state index contributed by atoms with van der Waals surface area (Å²) in [6.45, 7) is 0. The molecule has 70 valence electrons.